The molecule has 0 spiro atoms. The van der Waals surface area contributed by atoms with Crippen molar-refractivity contribution in [3.8, 4) is 16.9 Å². The highest BCUT2D eigenvalue weighted by atomic mass is 16.5. The van der Waals surface area contributed by atoms with Gasteiger partial charge in [-0.25, -0.2) is 4.79 Å². The molecule has 1 aromatic heterocycles. The average molecular weight is 426 g/mol. The molecule has 4 aromatic rings. The number of rotatable bonds is 6. The Labute approximate surface area is 188 Å². The summed E-state index contributed by atoms with van der Waals surface area (Å²) in [6.07, 6.45) is 3.63. The van der Waals surface area contributed by atoms with E-state index >= 15 is 0 Å². The number of aromatic nitrogens is 1. The molecule has 3 aromatic carbocycles. The van der Waals surface area contributed by atoms with Crippen LogP contribution in [0, 0.1) is 0 Å². The summed E-state index contributed by atoms with van der Waals surface area (Å²) in [4.78, 5) is 16.8. The fourth-order valence-electron chi connectivity index (χ4n) is 3.75. The molecule has 0 saturated heterocycles. The molecule has 0 aliphatic heterocycles. The van der Waals surface area contributed by atoms with Crippen molar-refractivity contribution in [2.75, 3.05) is 12.4 Å². The Bertz CT molecular complexity index is 1230. The van der Waals surface area contributed by atoms with Gasteiger partial charge in [0.2, 0.25) is 0 Å². The number of pyridine rings is 1. The molecular weight excluding hydrogens is 398 g/mol. The second-order valence-corrected chi connectivity index (χ2v) is 8.01. The summed E-state index contributed by atoms with van der Waals surface area (Å²) >= 11 is 0. The van der Waals surface area contributed by atoms with Crippen molar-refractivity contribution in [2.45, 2.75) is 26.3 Å². The van der Waals surface area contributed by atoms with Crippen LogP contribution in [0.3, 0.4) is 0 Å². The van der Waals surface area contributed by atoms with E-state index in [2.05, 4.69) is 41.6 Å². The van der Waals surface area contributed by atoms with Crippen LogP contribution in [-0.4, -0.2) is 18.1 Å². The van der Waals surface area contributed by atoms with Crippen LogP contribution < -0.4 is 15.4 Å². The molecule has 0 saturated carbocycles. The summed E-state index contributed by atoms with van der Waals surface area (Å²) in [6.45, 7) is 4.69. The standard InChI is InChI=1S/C27H27N3O2/c1-18(2)19-7-10-22(11-8-19)30-27(31)29-16-21-9-12-24(25-13-14-28-17-26(21)25)20-5-4-6-23(15-20)32-3/h4-15,17-18H,16H2,1-3H3,(H2,29,30,31). The number of carbonyl (C=O) groups is 1. The molecule has 4 rings (SSSR count). The van der Waals surface area contributed by atoms with Crippen molar-refractivity contribution in [1.29, 1.82) is 0 Å². The molecule has 2 N–H and O–H groups in total. The number of carbonyl (C=O) groups excluding carboxylic acids is 1. The van der Waals surface area contributed by atoms with E-state index in [0.717, 1.165) is 38.9 Å². The number of hydrogen-bond acceptors (Lipinski definition) is 3. The Kier molecular flexibility index (Phi) is 6.36. The van der Waals surface area contributed by atoms with Crippen LogP contribution in [0.15, 0.2) is 79.1 Å². The van der Waals surface area contributed by atoms with E-state index in [1.807, 2.05) is 60.8 Å². The zero-order valence-electron chi connectivity index (χ0n) is 18.6. The van der Waals surface area contributed by atoms with Gasteiger partial charge in [0.05, 0.1) is 7.11 Å². The molecule has 0 aliphatic rings. The molecule has 0 radical (unpaired) electrons. The van der Waals surface area contributed by atoms with Gasteiger partial charge in [-0.05, 0) is 63.9 Å². The molecule has 1 heterocycles. The first-order valence-electron chi connectivity index (χ1n) is 10.7. The van der Waals surface area contributed by atoms with Gasteiger partial charge in [-0.1, -0.05) is 50.2 Å². The van der Waals surface area contributed by atoms with Gasteiger partial charge < -0.3 is 15.4 Å². The summed E-state index contributed by atoms with van der Waals surface area (Å²) in [5.41, 5.74) is 5.19. The van der Waals surface area contributed by atoms with Crippen molar-refractivity contribution in [3.05, 3.63) is 90.3 Å². The van der Waals surface area contributed by atoms with Crippen LogP contribution >= 0.6 is 0 Å². The van der Waals surface area contributed by atoms with Crippen molar-refractivity contribution in [2.24, 2.45) is 0 Å². The molecule has 5 heteroatoms. The van der Waals surface area contributed by atoms with E-state index in [9.17, 15) is 4.79 Å². The second-order valence-electron chi connectivity index (χ2n) is 8.01. The van der Waals surface area contributed by atoms with E-state index in [1.165, 1.54) is 5.56 Å². The van der Waals surface area contributed by atoms with E-state index < -0.39 is 0 Å². The molecule has 0 unspecified atom stereocenters. The lowest BCUT2D eigenvalue weighted by Gasteiger charge is -2.13. The number of hydrogen-bond donors (Lipinski definition) is 2. The van der Waals surface area contributed by atoms with Crippen LogP contribution in [0.1, 0.15) is 30.9 Å². The van der Waals surface area contributed by atoms with Gasteiger partial charge >= 0.3 is 6.03 Å². The Hall–Kier alpha value is -3.86. The lowest BCUT2D eigenvalue weighted by atomic mass is 9.96. The predicted octanol–water partition coefficient (Wildman–Crippen LogP) is 6.36. The van der Waals surface area contributed by atoms with Crippen molar-refractivity contribution in [1.82, 2.24) is 10.3 Å². The maximum absolute atomic E-state index is 12.4. The third-order valence-electron chi connectivity index (χ3n) is 5.56. The number of nitrogens with zero attached hydrogens (tertiary/aromatic N) is 1. The van der Waals surface area contributed by atoms with Crippen molar-refractivity contribution in [3.63, 3.8) is 0 Å². The number of benzene rings is 3. The zero-order valence-corrected chi connectivity index (χ0v) is 18.6. The van der Waals surface area contributed by atoms with E-state index in [0.29, 0.717) is 12.5 Å². The molecule has 0 atom stereocenters. The molecule has 0 aliphatic carbocycles. The number of anilines is 1. The Morgan fingerprint density at radius 3 is 2.56 bits per heavy atom. The SMILES string of the molecule is COc1cccc(-c2ccc(CNC(=O)Nc3ccc(C(C)C)cc3)c3cnccc23)c1. The minimum absolute atomic E-state index is 0.240. The summed E-state index contributed by atoms with van der Waals surface area (Å²) < 4.78 is 5.38. The van der Waals surface area contributed by atoms with Crippen molar-refractivity contribution >= 4 is 22.5 Å². The predicted molar refractivity (Wildman–Crippen MR) is 130 cm³/mol. The van der Waals surface area contributed by atoms with Gasteiger partial charge in [0.1, 0.15) is 5.75 Å². The number of methoxy groups -OCH3 is 1. The van der Waals surface area contributed by atoms with Crippen LogP contribution in [0.2, 0.25) is 0 Å². The number of ether oxygens (including phenoxy) is 1. The quantitative estimate of drug-likeness (QED) is 0.378. The second kappa shape index (κ2) is 9.52. The normalized spacial score (nSPS) is 10.9. The largest absolute Gasteiger partial charge is 0.497 e. The van der Waals surface area contributed by atoms with Gasteiger partial charge in [0.15, 0.2) is 0 Å². The van der Waals surface area contributed by atoms with Crippen LogP contribution in [0.5, 0.6) is 5.75 Å². The first kappa shape index (κ1) is 21.4. The topological polar surface area (TPSA) is 63.2 Å². The maximum atomic E-state index is 12.4. The van der Waals surface area contributed by atoms with E-state index in [1.54, 1.807) is 13.3 Å². The lowest BCUT2D eigenvalue weighted by molar-refractivity contribution is 0.252. The molecule has 5 nitrogen and oxygen atoms in total. The summed E-state index contributed by atoms with van der Waals surface area (Å²) in [7, 11) is 1.67. The monoisotopic (exact) mass is 425 g/mol. The molecule has 2 amide bonds. The van der Waals surface area contributed by atoms with E-state index in [4.69, 9.17) is 4.74 Å². The van der Waals surface area contributed by atoms with Gasteiger partial charge in [-0.2, -0.15) is 0 Å². The van der Waals surface area contributed by atoms with Crippen molar-refractivity contribution < 1.29 is 9.53 Å². The first-order valence-corrected chi connectivity index (χ1v) is 10.7. The zero-order chi connectivity index (χ0) is 22.5. The molecule has 0 fully saturated rings. The van der Waals surface area contributed by atoms with Gasteiger partial charge in [-0.15, -0.1) is 0 Å². The average Bonchev–Trinajstić information content (AvgIpc) is 2.83. The first-order chi connectivity index (χ1) is 15.5. The lowest BCUT2D eigenvalue weighted by Crippen LogP contribution is -2.28. The third-order valence-corrected chi connectivity index (χ3v) is 5.56. The van der Waals surface area contributed by atoms with Gasteiger partial charge in [0.25, 0.3) is 0 Å². The van der Waals surface area contributed by atoms with Gasteiger partial charge in [-0.3, -0.25) is 4.98 Å². The van der Waals surface area contributed by atoms with E-state index in [-0.39, 0.29) is 6.03 Å². The Balaban J connectivity index is 1.52. The maximum Gasteiger partial charge on any atom is 0.319 e. The minimum atomic E-state index is -0.240. The molecule has 32 heavy (non-hydrogen) atoms. The Morgan fingerprint density at radius 2 is 1.81 bits per heavy atom. The summed E-state index contributed by atoms with van der Waals surface area (Å²) in [5.74, 6) is 1.27. The number of fused-ring (bicyclic) bond motifs is 1. The molecule has 0 bridgehead atoms. The highest BCUT2D eigenvalue weighted by Gasteiger charge is 2.10. The summed E-state index contributed by atoms with van der Waals surface area (Å²) in [5, 5.41) is 7.94. The van der Waals surface area contributed by atoms with Crippen LogP contribution in [-0.2, 0) is 6.54 Å². The highest BCUT2D eigenvalue weighted by molar-refractivity contribution is 5.98. The Morgan fingerprint density at radius 1 is 1.00 bits per heavy atom. The highest BCUT2D eigenvalue weighted by Crippen LogP contribution is 2.32. The number of amides is 2. The number of urea groups is 1. The molecule has 162 valence electrons. The van der Waals surface area contributed by atoms with Crippen LogP contribution in [0.25, 0.3) is 21.9 Å². The minimum Gasteiger partial charge on any atom is -0.497 e. The fraction of sp³-hybridized carbons (Fsp3) is 0.185. The third kappa shape index (κ3) is 4.72. The smallest absolute Gasteiger partial charge is 0.319 e. The molecular formula is C27H27N3O2. The number of nitrogens with one attached hydrogen (secondary N) is 2. The van der Waals surface area contributed by atoms with Gasteiger partial charge in [0, 0.05) is 30.0 Å². The van der Waals surface area contributed by atoms with Crippen LogP contribution in [0.4, 0.5) is 10.5 Å². The summed E-state index contributed by atoms with van der Waals surface area (Å²) in [6, 6.07) is 21.8. The fourth-order valence-corrected chi connectivity index (χ4v) is 3.75.